The van der Waals surface area contributed by atoms with Crippen molar-refractivity contribution in [2.75, 3.05) is 6.61 Å². The summed E-state index contributed by atoms with van der Waals surface area (Å²) in [5, 5.41) is 2.46. The first-order chi connectivity index (χ1) is 12.5. The van der Waals surface area contributed by atoms with Gasteiger partial charge in [0.05, 0.1) is 18.8 Å². The molecule has 7 nitrogen and oxygen atoms in total. The van der Waals surface area contributed by atoms with E-state index in [1.807, 2.05) is 6.07 Å². The number of esters is 1. The molecule has 0 bridgehead atoms. The Balaban J connectivity index is 1.54. The zero-order valence-electron chi connectivity index (χ0n) is 14.0. The highest BCUT2D eigenvalue weighted by Crippen LogP contribution is 2.21. The number of rotatable bonds is 6. The van der Waals surface area contributed by atoms with Gasteiger partial charge in [0.25, 0.3) is 0 Å². The van der Waals surface area contributed by atoms with Crippen molar-refractivity contribution in [3.8, 4) is 0 Å². The number of amides is 2. The Bertz CT molecular complexity index is 846. The highest BCUT2D eigenvalue weighted by molar-refractivity contribution is 5.99. The van der Waals surface area contributed by atoms with Gasteiger partial charge in [0.1, 0.15) is 0 Å². The van der Waals surface area contributed by atoms with Crippen molar-refractivity contribution >= 4 is 17.8 Å². The Morgan fingerprint density at radius 2 is 1.69 bits per heavy atom. The van der Waals surface area contributed by atoms with E-state index < -0.39 is 12.0 Å². The van der Waals surface area contributed by atoms with Crippen LogP contribution >= 0.6 is 0 Å². The Morgan fingerprint density at radius 1 is 1.00 bits per heavy atom. The molecule has 1 aliphatic rings. The molecule has 2 aromatic carbocycles. The molecular formula is C19H18N2O5. The second-order valence-corrected chi connectivity index (χ2v) is 5.89. The number of hydrogen-bond donors (Lipinski definition) is 2. The quantitative estimate of drug-likeness (QED) is 0.609. The second-order valence-electron chi connectivity index (χ2n) is 5.89. The van der Waals surface area contributed by atoms with Crippen LogP contribution in [-0.4, -0.2) is 24.4 Å². The number of fused-ring (bicyclic) bond motifs is 1. The summed E-state index contributed by atoms with van der Waals surface area (Å²) >= 11 is 0. The molecule has 2 amide bonds. The number of hydrogen-bond acceptors (Lipinski definition) is 5. The topological polar surface area (TPSA) is 108 Å². The smallest absolute Gasteiger partial charge is 0.338 e. The van der Waals surface area contributed by atoms with Crippen molar-refractivity contribution in [1.29, 1.82) is 0 Å². The summed E-state index contributed by atoms with van der Waals surface area (Å²) in [7, 11) is 0. The number of carbonyl (C=O) groups is 3. The van der Waals surface area contributed by atoms with Crippen molar-refractivity contribution in [2.45, 2.75) is 19.8 Å². The lowest BCUT2D eigenvalue weighted by Gasteiger charge is -2.07. The van der Waals surface area contributed by atoms with Crippen LogP contribution in [0.1, 0.15) is 37.4 Å². The lowest BCUT2D eigenvalue weighted by Crippen LogP contribution is -2.28. The number of Topliss-reactive ketones (excluding diaryl/α,β-unsaturated/α-hetero) is 1. The van der Waals surface area contributed by atoms with Gasteiger partial charge in [-0.05, 0) is 34.9 Å². The number of ketones is 1. The zero-order chi connectivity index (χ0) is 18.5. The average molecular weight is 354 g/mol. The largest absolute Gasteiger partial charge is 0.454 e. The summed E-state index contributed by atoms with van der Waals surface area (Å²) < 4.78 is 10.4. The fourth-order valence-electron chi connectivity index (χ4n) is 2.59. The molecule has 1 heterocycles. The van der Waals surface area contributed by atoms with Crippen LogP contribution in [0.2, 0.25) is 0 Å². The third-order valence-electron chi connectivity index (χ3n) is 4.03. The molecule has 26 heavy (non-hydrogen) atoms. The van der Waals surface area contributed by atoms with Gasteiger partial charge in [-0.3, -0.25) is 4.79 Å². The molecule has 0 aliphatic carbocycles. The van der Waals surface area contributed by atoms with Gasteiger partial charge >= 0.3 is 12.0 Å². The fraction of sp³-hybridized carbons (Fsp3) is 0.211. The normalized spacial score (nSPS) is 12.3. The van der Waals surface area contributed by atoms with Gasteiger partial charge < -0.3 is 20.5 Å². The number of nitrogens with two attached hydrogens (primary N) is 1. The predicted molar refractivity (Wildman–Crippen MR) is 92.4 cm³/mol. The minimum Gasteiger partial charge on any atom is -0.454 e. The zero-order valence-corrected chi connectivity index (χ0v) is 14.0. The van der Waals surface area contributed by atoms with E-state index in [-0.39, 0.29) is 18.9 Å². The summed E-state index contributed by atoms with van der Waals surface area (Å²) in [5.41, 5.74) is 8.67. The van der Waals surface area contributed by atoms with E-state index in [1.54, 1.807) is 36.4 Å². The summed E-state index contributed by atoms with van der Waals surface area (Å²) in [5.74, 6) is -0.854. The van der Waals surface area contributed by atoms with Crippen molar-refractivity contribution < 1.29 is 23.9 Å². The molecule has 0 aromatic heterocycles. The molecule has 0 saturated heterocycles. The number of primary amides is 1. The first-order valence-corrected chi connectivity index (χ1v) is 8.05. The summed E-state index contributed by atoms with van der Waals surface area (Å²) in [6, 6.07) is 11.2. The summed E-state index contributed by atoms with van der Waals surface area (Å²) in [6.07, 6.45) is 0. The molecule has 0 atom stereocenters. The maximum atomic E-state index is 12.2. The first kappa shape index (κ1) is 17.6. The van der Waals surface area contributed by atoms with Crippen molar-refractivity contribution in [3.63, 3.8) is 0 Å². The second kappa shape index (κ2) is 7.79. The van der Waals surface area contributed by atoms with E-state index >= 15 is 0 Å². The van der Waals surface area contributed by atoms with Crippen LogP contribution in [0.15, 0.2) is 42.5 Å². The minimum atomic E-state index is -0.620. The summed E-state index contributed by atoms with van der Waals surface area (Å²) in [4.78, 5) is 34.9. The standard InChI is InChI=1S/C19H18N2O5/c20-19(24)21-8-12-1-3-13(4-2-12)18(23)26-11-17(22)14-5-6-15-9-25-10-16(15)7-14/h1-7H,8-11H2,(H3,20,21,24). The number of benzene rings is 2. The molecule has 3 rings (SSSR count). The van der Waals surface area contributed by atoms with Crippen LogP contribution in [0.25, 0.3) is 0 Å². The van der Waals surface area contributed by atoms with Crippen LogP contribution in [0.3, 0.4) is 0 Å². The predicted octanol–water partition coefficient (Wildman–Crippen LogP) is 1.92. The van der Waals surface area contributed by atoms with E-state index in [0.29, 0.717) is 24.3 Å². The van der Waals surface area contributed by atoms with Crippen LogP contribution < -0.4 is 11.1 Å². The molecule has 3 N–H and O–H groups in total. The maximum Gasteiger partial charge on any atom is 0.338 e. The maximum absolute atomic E-state index is 12.2. The van der Waals surface area contributed by atoms with Gasteiger partial charge in [0.15, 0.2) is 12.4 Å². The Kier molecular flexibility index (Phi) is 5.28. The number of carbonyl (C=O) groups excluding carboxylic acids is 3. The molecule has 0 spiro atoms. The van der Waals surface area contributed by atoms with Gasteiger partial charge in [0.2, 0.25) is 0 Å². The molecule has 134 valence electrons. The lowest BCUT2D eigenvalue weighted by molar-refractivity contribution is 0.0474. The van der Waals surface area contributed by atoms with Crippen LogP contribution in [0, 0.1) is 0 Å². The van der Waals surface area contributed by atoms with Crippen molar-refractivity contribution in [1.82, 2.24) is 5.32 Å². The molecule has 7 heteroatoms. The third kappa shape index (κ3) is 4.25. The monoisotopic (exact) mass is 354 g/mol. The van der Waals surface area contributed by atoms with Crippen LogP contribution in [-0.2, 0) is 29.2 Å². The molecule has 0 fully saturated rings. The highest BCUT2D eigenvalue weighted by Gasteiger charge is 2.16. The minimum absolute atomic E-state index is 0.268. The van der Waals surface area contributed by atoms with Crippen LogP contribution in [0.4, 0.5) is 4.79 Å². The Labute approximate surface area is 150 Å². The van der Waals surface area contributed by atoms with Crippen molar-refractivity contribution in [2.24, 2.45) is 5.73 Å². The van der Waals surface area contributed by atoms with Crippen LogP contribution in [0.5, 0.6) is 0 Å². The average Bonchev–Trinajstić information content (AvgIpc) is 3.12. The van der Waals surface area contributed by atoms with Gasteiger partial charge in [-0.1, -0.05) is 24.3 Å². The molecule has 2 aromatic rings. The van der Waals surface area contributed by atoms with Gasteiger partial charge in [-0.25, -0.2) is 9.59 Å². The molecular weight excluding hydrogens is 336 g/mol. The van der Waals surface area contributed by atoms with Gasteiger partial charge in [-0.2, -0.15) is 0 Å². The van der Waals surface area contributed by atoms with Gasteiger partial charge in [-0.15, -0.1) is 0 Å². The SMILES string of the molecule is NC(=O)NCc1ccc(C(=O)OCC(=O)c2ccc3c(c2)COC3)cc1. The third-order valence-corrected chi connectivity index (χ3v) is 4.03. The molecule has 1 aliphatic heterocycles. The Morgan fingerprint density at radius 3 is 2.42 bits per heavy atom. The fourth-order valence-corrected chi connectivity index (χ4v) is 2.59. The highest BCUT2D eigenvalue weighted by atomic mass is 16.5. The number of nitrogens with one attached hydrogen (secondary N) is 1. The number of urea groups is 1. The lowest BCUT2D eigenvalue weighted by atomic mass is 10.0. The first-order valence-electron chi connectivity index (χ1n) is 8.05. The van der Waals surface area contributed by atoms with Gasteiger partial charge in [0, 0.05) is 12.1 Å². The summed E-state index contributed by atoms with van der Waals surface area (Å²) in [6.45, 7) is 0.992. The van der Waals surface area contributed by atoms with E-state index in [1.165, 1.54) is 0 Å². The van der Waals surface area contributed by atoms with E-state index in [2.05, 4.69) is 5.32 Å². The molecule has 0 radical (unpaired) electrons. The Hall–Kier alpha value is -3.19. The van der Waals surface area contributed by atoms with Crippen molar-refractivity contribution in [3.05, 3.63) is 70.3 Å². The molecule has 0 unspecified atom stereocenters. The van der Waals surface area contributed by atoms with E-state index in [4.69, 9.17) is 15.2 Å². The molecule has 0 saturated carbocycles. The van der Waals surface area contributed by atoms with E-state index in [0.717, 1.165) is 16.7 Å². The number of ether oxygens (including phenoxy) is 2. The van der Waals surface area contributed by atoms with E-state index in [9.17, 15) is 14.4 Å².